The lowest BCUT2D eigenvalue weighted by molar-refractivity contribution is -0.124. The van der Waals surface area contributed by atoms with Gasteiger partial charge in [-0.05, 0) is 36.0 Å². The van der Waals surface area contributed by atoms with E-state index < -0.39 is 6.04 Å². The first-order valence-corrected chi connectivity index (χ1v) is 9.96. The molecule has 2 unspecified atom stereocenters. The number of aromatic amines is 1. The van der Waals surface area contributed by atoms with Crippen molar-refractivity contribution >= 4 is 16.8 Å². The van der Waals surface area contributed by atoms with Crippen LogP contribution in [-0.4, -0.2) is 36.7 Å². The van der Waals surface area contributed by atoms with Gasteiger partial charge in [0.25, 0.3) is 0 Å². The zero-order valence-corrected chi connectivity index (χ0v) is 15.9. The first kappa shape index (κ1) is 18.7. The maximum atomic E-state index is 12.7. The lowest BCUT2D eigenvalue weighted by Crippen LogP contribution is -2.48. The molecule has 1 saturated heterocycles. The Balaban J connectivity index is 1.54. The molecule has 1 aromatic heterocycles. The number of amides is 1. The van der Waals surface area contributed by atoms with Crippen molar-refractivity contribution in [2.45, 2.75) is 24.8 Å². The van der Waals surface area contributed by atoms with E-state index in [-0.39, 0.29) is 17.7 Å². The highest BCUT2D eigenvalue weighted by atomic mass is 16.5. The van der Waals surface area contributed by atoms with Crippen LogP contribution in [0.5, 0.6) is 0 Å². The summed E-state index contributed by atoms with van der Waals surface area (Å²) in [5, 5.41) is 4.29. The zero-order valence-electron chi connectivity index (χ0n) is 15.9. The summed E-state index contributed by atoms with van der Waals surface area (Å²) in [7, 11) is 0. The molecule has 2 atom stereocenters. The minimum atomic E-state index is -0.483. The van der Waals surface area contributed by atoms with Crippen molar-refractivity contribution in [1.82, 2.24) is 10.3 Å². The predicted molar refractivity (Wildman–Crippen MR) is 111 cm³/mol. The Morgan fingerprint density at radius 1 is 1.11 bits per heavy atom. The topological polar surface area (TPSA) is 80.1 Å². The molecule has 5 heteroatoms. The first-order valence-electron chi connectivity index (χ1n) is 9.96. The zero-order chi connectivity index (χ0) is 19.3. The quantitative estimate of drug-likeness (QED) is 0.617. The maximum Gasteiger partial charge on any atom is 0.237 e. The third-order valence-corrected chi connectivity index (χ3v) is 5.76. The Bertz CT molecular complexity index is 916. The minimum absolute atomic E-state index is 0.0585. The summed E-state index contributed by atoms with van der Waals surface area (Å²) in [5.41, 5.74) is 9.71. The molecular formula is C23H27N3O2. The van der Waals surface area contributed by atoms with Gasteiger partial charge >= 0.3 is 0 Å². The van der Waals surface area contributed by atoms with Crippen LogP contribution < -0.4 is 11.1 Å². The number of nitrogens with one attached hydrogen (secondary N) is 2. The molecule has 1 fully saturated rings. The van der Waals surface area contributed by atoms with Crippen LogP contribution in [0.4, 0.5) is 0 Å². The summed E-state index contributed by atoms with van der Waals surface area (Å²) < 4.78 is 5.38. The fourth-order valence-electron chi connectivity index (χ4n) is 4.08. The van der Waals surface area contributed by atoms with E-state index in [1.165, 1.54) is 16.5 Å². The number of hydrogen-bond acceptors (Lipinski definition) is 3. The summed E-state index contributed by atoms with van der Waals surface area (Å²) in [6.45, 7) is 1.89. The van der Waals surface area contributed by atoms with Crippen LogP contribution in [0.15, 0.2) is 60.8 Å². The second-order valence-electron chi connectivity index (χ2n) is 7.47. The van der Waals surface area contributed by atoms with Crippen LogP contribution in [0.1, 0.15) is 29.9 Å². The molecule has 1 aliphatic rings. The number of benzene rings is 2. The Hall–Kier alpha value is -2.63. The Morgan fingerprint density at radius 3 is 2.61 bits per heavy atom. The minimum Gasteiger partial charge on any atom is -0.381 e. The summed E-state index contributed by atoms with van der Waals surface area (Å²) in [6, 6.07) is 18.1. The number of hydrogen-bond donors (Lipinski definition) is 3. The van der Waals surface area contributed by atoms with E-state index >= 15 is 0 Å². The van der Waals surface area contributed by atoms with E-state index in [0.29, 0.717) is 19.8 Å². The number of H-pyrrole nitrogens is 1. The summed E-state index contributed by atoms with van der Waals surface area (Å²) >= 11 is 0. The van der Waals surface area contributed by atoms with Crippen molar-refractivity contribution in [1.29, 1.82) is 0 Å². The molecule has 4 rings (SSSR count). The molecule has 2 heterocycles. The monoisotopic (exact) mass is 377 g/mol. The average Bonchev–Trinajstić information content (AvgIpc) is 3.19. The summed E-state index contributed by atoms with van der Waals surface area (Å²) in [5.74, 6) is 0.174. The molecule has 0 radical (unpaired) electrons. The van der Waals surface area contributed by atoms with E-state index in [4.69, 9.17) is 10.5 Å². The van der Waals surface area contributed by atoms with Gasteiger partial charge in [0.2, 0.25) is 5.91 Å². The molecule has 0 bridgehead atoms. The van der Waals surface area contributed by atoms with Crippen molar-refractivity contribution in [3.05, 3.63) is 71.9 Å². The standard InChI is InChI=1S/C23H27N3O2/c24-22(17-10-12-28-13-11-17)23(27)26-14-19(16-6-2-1-3-7-16)20-15-25-21-9-5-4-8-18(20)21/h1-9,15,17,19,22,25H,10-14,24H2,(H,26,27). The van der Waals surface area contributed by atoms with E-state index in [1.807, 2.05) is 36.5 Å². The Kier molecular flexibility index (Phi) is 5.74. The van der Waals surface area contributed by atoms with E-state index in [0.717, 1.165) is 18.4 Å². The van der Waals surface area contributed by atoms with Gasteiger partial charge < -0.3 is 20.8 Å². The van der Waals surface area contributed by atoms with Crippen LogP contribution in [0.2, 0.25) is 0 Å². The molecule has 0 saturated carbocycles. The Labute approximate surface area is 165 Å². The summed E-state index contributed by atoms with van der Waals surface area (Å²) in [6.07, 6.45) is 3.74. The van der Waals surface area contributed by atoms with Crippen LogP contribution in [0.3, 0.4) is 0 Å². The highest BCUT2D eigenvalue weighted by molar-refractivity contribution is 5.85. The van der Waals surface area contributed by atoms with Crippen molar-refractivity contribution in [2.75, 3.05) is 19.8 Å². The molecule has 0 aliphatic carbocycles. The lowest BCUT2D eigenvalue weighted by Gasteiger charge is -2.27. The lowest BCUT2D eigenvalue weighted by atomic mass is 9.89. The van der Waals surface area contributed by atoms with Gasteiger partial charge in [0, 0.05) is 42.8 Å². The molecule has 0 spiro atoms. The second-order valence-corrected chi connectivity index (χ2v) is 7.47. The van der Waals surface area contributed by atoms with Gasteiger partial charge in [-0.1, -0.05) is 48.5 Å². The van der Waals surface area contributed by atoms with Gasteiger partial charge in [0.1, 0.15) is 0 Å². The SMILES string of the molecule is NC(C(=O)NCC(c1ccccc1)c1c[nH]c2ccccc12)C1CCOCC1. The number of carbonyl (C=O) groups is 1. The molecule has 3 aromatic rings. The molecule has 1 amide bonds. The average molecular weight is 377 g/mol. The van der Waals surface area contributed by atoms with Gasteiger partial charge in [0.15, 0.2) is 0 Å². The predicted octanol–water partition coefficient (Wildman–Crippen LogP) is 3.17. The van der Waals surface area contributed by atoms with E-state index in [1.54, 1.807) is 0 Å². The van der Waals surface area contributed by atoms with Gasteiger partial charge in [-0.2, -0.15) is 0 Å². The van der Waals surface area contributed by atoms with E-state index in [2.05, 4.69) is 34.6 Å². The number of carbonyl (C=O) groups excluding carboxylic acids is 1. The molecule has 5 nitrogen and oxygen atoms in total. The molecule has 28 heavy (non-hydrogen) atoms. The first-order chi connectivity index (χ1) is 13.7. The van der Waals surface area contributed by atoms with E-state index in [9.17, 15) is 4.79 Å². The molecular weight excluding hydrogens is 350 g/mol. The van der Waals surface area contributed by atoms with Crippen LogP contribution in [0.25, 0.3) is 10.9 Å². The van der Waals surface area contributed by atoms with Gasteiger partial charge in [0.05, 0.1) is 6.04 Å². The molecule has 146 valence electrons. The number of ether oxygens (including phenoxy) is 1. The largest absolute Gasteiger partial charge is 0.381 e. The number of rotatable bonds is 6. The third kappa shape index (κ3) is 3.96. The van der Waals surface area contributed by atoms with Crippen LogP contribution in [0, 0.1) is 5.92 Å². The Morgan fingerprint density at radius 2 is 1.82 bits per heavy atom. The summed E-state index contributed by atoms with van der Waals surface area (Å²) in [4.78, 5) is 16.1. The maximum absolute atomic E-state index is 12.7. The second kappa shape index (κ2) is 8.59. The number of aromatic nitrogens is 1. The number of para-hydroxylation sites is 1. The van der Waals surface area contributed by atoms with Gasteiger partial charge in [-0.15, -0.1) is 0 Å². The number of nitrogens with two attached hydrogens (primary N) is 1. The third-order valence-electron chi connectivity index (χ3n) is 5.76. The normalized spacial score (nSPS) is 17.3. The number of fused-ring (bicyclic) bond motifs is 1. The van der Waals surface area contributed by atoms with Gasteiger partial charge in [-0.3, -0.25) is 4.79 Å². The van der Waals surface area contributed by atoms with Crippen molar-refractivity contribution in [3.63, 3.8) is 0 Å². The molecule has 2 aromatic carbocycles. The highest BCUT2D eigenvalue weighted by Crippen LogP contribution is 2.30. The fraction of sp³-hybridized carbons (Fsp3) is 0.348. The fourth-order valence-corrected chi connectivity index (χ4v) is 4.08. The van der Waals surface area contributed by atoms with Crippen molar-refractivity contribution in [2.24, 2.45) is 11.7 Å². The van der Waals surface area contributed by atoms with Crippen LogP contribution in [-0.2, 0) is 9.53 Å². The highest BCUT2D eigenvalue weighted by Gasteiger charge is 2.27. The van der Waals surface area contributed by atoms with Crippen molar-refractivity contribution < 1.29 is 9.53 Å². The van der Waals surface area contributed by atoms with Crippen molar-refractivity contribution in [3.8, 4) is 0 Å². The van der Waals surface area contributed by atoms with Crippen LogP contribution >= 0.6 is 0 Å². The molecule has 1 aliphatic heterocycles. The van der Waals surface area contributed by atoms with Gasteiger partial charge in [-0.25, -0.2) is 0 Å². The smallest absolute Gasteiger partial charge is 0.237 e. The molecule has 4 N–H and O–H groups in total.